The van der Waals surface area contributed by atoms with Crippen molar-refractivity contribution in [3.8, 4) is 0 Å². The topological polar surface area (TPSA) is 82.8 Å². The Morgan fingerprint density at radius 3 is 2.93 bits per heavy atom. The van der Waals surface area contributed by atoms with Crippen molar-refractivity contribution in [1.82, 2.24) is 15.1 Å². The van der Waals surface area contributed by atoms with Gasteiger partial charge >= 0.3 is 5.97 Å². The normalized spacial score (nSPS) is 16.7. The molecule has 1 aliphatic carbocycles. The number of hydrogen-bond acceptors (Lipinski definition) is 5. The van der Waals surface area contributed by atoms with Crippen molar-refractivity contribution < 1.29 is 9.90 Å². The van der Waals surface area contributed by atoms with Gasteiger partial charge in [0.1, 0.15) is 0 Å². The van der Waals surface area contributed by atoms with E-state index in [0.29, 0.717) is 18.2 Å². The number of carbonyl (C=O) groups is 1. The van der Waals surface area contributed by atoms with Crippen LogP contribution in [0.2, 0.25) is 0 Å². The van der Waals surface area contributed by atoms with E-state index in [1.165, 1.54) is 23.4 Å². The number of aromatic nitrogens is 2. The van der Waals surface area contributed by atoms with Gasteiger partial charge in [-0.1, -0.05) is 6.07 Å². The van der Waals surface area contributed by atoms with Crippen molar-refractivity contribution in [3.63, 3.8) is 0 Å². The van der Waals surface area contributed by atoms with Crippen LogP contribution in [0, 0.1) is 0 Å². The first-order valence-electron chi connectivity index (χ1n) is 10.1. The summed E-state index contributed by atoms with van der Waals surface area (Å²) in [6, 6.07) is 6.62. The van der Waals surface area contributed by atoms with Gasteiger partial charge in [-0.25, -0.2) is 4.79 Å². The van der Waals surface area contributed by atoms with E-state index in [1.54, 1.807) is 11.6 Å². The quantitative estimate of drug-likeness (QED) is 0.395. The van der Waals surface area contributed by atoms with Gasteiger partial charge in [-0.3, -0.25) is 9.67 Å². The lowest BCUT2D eigenvalue weighted by molar-refractivity contribution is -0.132. The molecule has 1 atom stereocenters. The maximum Gasteiger partial charge on any atom is 0.337 e. The smallest absolute Gasteiger partial charge is 0.337 e. The number of aliphatic imine (C=N–C) groups is 1. The third-order valence-electron chi connectivity index (χ3n) is 5.63. The molecule has 1 aliphatic rings. The summed E-state index contributed by atoms with van der Waals surface area (Å²) in [7, 11) is 3.96. The fourth-order valence-corrected chi connectivity index (χ4v) is 3.91. The molecular weight excluding hydrogens is 378 g/mol. The first-order valence-corrected chi connectivity index (χ1v) is 10.1. The predicted molar refractivity (Wildman–Crippen MR) is 120 cm³/mol. The van der Waals surface area contributed by atoms with E-state index in [0.717, 1.165) is 30.6 Å². The number of benzene rings is 1. The van der Waals surface area contributed by atoms with Crippen LogP contribution in [0.1, 0.15) is 36.8 Å². The van der Waals surface area contributed by atoms with E-state index in [-0.39, 0.29) is 5.57 Å². The monoisotopic (exact) mass is 407 g/mol. The molecule has 0 radical (unpaired) electrons. The highest BCUT2D eigenvalue weighted by Gasteiger charge is 2.21. The summed E-state index contributed by atoms with van der Waals surface area (Å²) in [6.07, 6.45) is 9.97. The lowest BCUT2D eigenvalue weighted by atomic mass is 9.82. The number of nitrogens with one attached hydrogen (secondary N) is 1. The Bertz CT molecular complexity index is 989. The molecule has 1 aromatic carbocycles. The first-order chi connectivity index (χ1) is 14.4. The molecule has 1 heterocycles. The Balaban J connectivity index is 1.77. The zero-order chi connectivity index (χ0) is 21.7. The number of hydrogen-bond donors (Lipinski definition) is 2. The van der Waals surface area contributed by atoms with E-state index in [4.69, 9.17) is 0 Å². The molecule has 7 heteroatoms. The van der Waals surface area contributed by atoms with Crippen molar-refractivity contribution in [2.45, 2.75) is 32.1 Å². The summed E-state index contributed by atoms with van der Waals surface area (Å²) < 4.78 is 1.80. The number of nitrogens with zero attached hydrogens (tertiary/aromatic N) is 4. The molecule has 30 heavy (non-hydrogen) atoms. The van der Waals surface area contributed by atoms with E-state index in [1.807, 2.05) is 26.5 Å². The van der Waals surface area contributed by atoms with Gasteiger partial charge in [0.25, 0.3) is 0 Å². The highest BCUT2D eigenvalue weighted by Crippen LogP contribution is 2.35. The van der Waals surface area contributed by atoms with E-state index in [2.05, 4.69) is 45.2 Å². The van der Waals surface area contributed by atoms with E-state index in [9.17, 15) is 9.90 Å². The van der Waals surface area contributed by atoms with Gasteiger partial charge < -0.3 is 15.3 Å². The Morgan fingerprint density at radius 1 is 1.47 bits per heavy atom. The molecule has 0 amide bonds. The van der Waals surface area contributed by atoms with Gasteiger partial charge in [0.15, 0.2) is 0 Å². The van der Waals surface area contributed by atoms with Crippen LogP contribution in [-0.2, 0) is 18.3 Å². The Hall–Kier alpha value is -3.35. The average Bonchev–Trinajstić information content (AvgIpc) is 3.17. The van der Waals surface area contributed by atoms with Crippen molar-refractivity contribution in [2.24, 2.45) is 12.0 Å². The van der Waals surface area contributed by atoms with Gasteiger partial charge in [-0.2, -0.15) is 5.10 Å². The van der Waals surface area contributed by atoms with Gasteiger partial charge in [0, 0.05) is 50.3 Å². The molecule has 0 aliphatic heterocycles. The largest absolute Gasteiger partial charge is 0.478 e. The lowest BCUT2D eigenvalue weighted by Crippen LogP contribution is -2.25. The first kappa shape index (κ1) is 21.4. The van der Waals surface area contributed by atoms with Crippen LogP contribution < -0.4 is 10.2 Å². The summed E-state index contributed by atoms with van der Waals surface area (Å²) >= 11 is 0. The highest BCUT2D eigenvalue weighted by molar-refractivity contribution is 5.90. The molecule has 158 valence electrons. The summed E-state index contributed by atoms with van der Waals surface area (Å²) in [4.78, 5) is 17.2. The molecule has 0 spiro atoms. The molecular formula is C23H29N5O2. The molecule has 2 aromatic rings. The number of aliphatic carboxylic acids is 1. The molecule has 0 fully saturated rings. The average molecular weight is 408 g/mol. The number of anilines is 2. The molecule has 3 rings (SSSR count). The second-order valence-electron chi connectivity index (χ2n) is 7.63. The van der Waals surface area contributed by atoms with Gasteiger partial charge in [0.05, 0.1) is 17.5 Å². The summed E-state index contributed by atoms with van der Waals surface area (Å²) in [5.74, 6) is -0.634. The molecule has 0 saturated heterocycles. The molecule has 2 N–H and O–H groups in total. The van der Waals surface area contributed by atoms with Crippen LogP contribution in [0.3, 0.4) is 0 Å². The highest BCUT2D eigenvalue weighted by atomic mass is 16.4. The minimum atomic E-state index is -0.980. The van der Waals surface area contributed by atoms with Gasteiger partial charge in [-0.15, -0.1) is 0 Å². The zero-order valence-corrected chi connectivity index (χ0v) is 17.8. The minimum absolute atomic E-state index is 0.201. The lowest BCUT2D eigenvalue weighted by Gasteiger charge is -2.28. The van der Waals surface area contributed by atoms with Crippen molar-refractivity contribution in [1.29, 1.82) is 0 Å². The molecule has 7 nitrogen and oxygen atoms in total. The molecule has 0 unspecified atom stereocenters. The van der Waals surface area contributed by atoms with Crippen molar-refractivity contribution >= 4 is 24.1 Å². The van der Waals surface area contributed by atoms with Gasteiger partial charge in [0.2, 0.25) is 0 Å². The summed E-state index contributed by atoms with van der Waals surface area (Å²) in [6.45, 7) is 5.84. The number of carboxylic acids is 1. The minimum Gasteiger partial charge on any atom is -0.478 e. The van der Waals surface area contributed by atoms with Crippen LogP contribution in [0.5, 0.6) is 0 Å². The number of aryl methyl sites for hydroxylation is 2. The number of carboxylic acid groups (broad SMARTS) is 1. The van der Waals surface area contributed by atoms with E-state index < -0.39 is 5.97 Å². The Morgan fingerprint density at radius 2 is 2.27 bits per heavy atom. The van der Waals surface area contributed by atoms with Crippen LogP contribution >= 0.6 is 0 Å². The van der Waals surface area contributed by atoms with Crippen LogP contribution in [0.25, 0.3) is 0 Å². The SMILES string of the molecule is C=N/C=C\C(C(=O)O)=C(/C)NC[C@@H]1CCCc2cc(N(C)c3cnn(C)c3)ccc21. The van der Waals surface area contributed by atoms with Crippen LogP contribution in [-0.4, -0.2) is 41.2 Å². The second kappa shape index (κ2) is 9.43. The van der Waals surface area contributed by atoms with Crippen LogP contribution in [0.4, 0.5) is 11.4 Å². The standard InChI is InChI=1S/C23H29N5O2/c1-16(21(23(29)30)10-11-24-2)25-13-18-7-5-6-17-12-19(8-9-22(17)18)28(4)20-14-26-27(3)15-20/h8-12,14-15,18,25H,2,5-7,13H2,1,3-4H3,(H,29,30)/b11-10-,21-16-/t18-/m0/s1. The fraction of sp³-hybridized carbons (Fsp3) is 0.348. The summed E-state index contributed by atoms with van der Waals surface area (Å²) in [5, 5.41) is 17.0. The molecule has 0 bridgehead atoms. The van der Waals surface area contributed by atoms with E-state index >= 15 is 0 Å². The Kier molecular flexibility index (Phi) is 6.72. The maximum atomic E-state index is 11.5. The molecule has 1 aromatic heterocycles. The van der Waals surface area contributed by atoms with Crippen molar-refractivity contribution in [3.05, 3.63) is 65.3 Å². The third kappa shape index (κ3) is 4.79. The van der Waals surface area contributed by atoms with Crippen molar-refractivity contribution in [2.75, 3.05) is 18.5 Å². The second-order valence-corrected chi connectivity index (χ2v) is 7.63. The number of allylic oxidation sites excluding steroid dienone is 1. The fourth-order valence-electron chi connectivity index (χ4n) is 3.91. The Labute approximate surface area is 177 Å². The maximum absolute atomic E-state index is 11.5. The predicted octanol–water partition coefficient (Wildman–Crippen LogP) is 3.77. The van der Waals surface area contributed by atoms with Crippen LogP contribution in [0.15, 0.2) is 59.1 Å². The zero-order valence-electron chi connectivity index (χ0n) is 17.8. The number of fused-ring (bicyclic) bond motifs is 1. The van der Waals surface area contributed by atoms with Gasteiger partial charge in [-0.05, 0) is 62.2 Å². The molecule has 0 saturated carbocycles. The summed E-state index contributed by atoms with van der Waals surface area (Å²) in [5.41, 5.74) is 5.72. The third-order valence-corrected chi connectivity index (χ3v) is 5.63. The number of rotatable bonds is 8.